The van der Waals surface area contributed by atoms with Crippen LogP contribution in [-0.2, 0) is 11.3 Å². The number of ether oxygens (including phenoxy) is 2. The van der Waals surface area contributed by atoms with Crippen LogP contribution in [0.2, 0.25) is 5.02 Å². The molecule has 5 atom stereocenters. The lowest BCUT2D eigenvalue weighted by Crippen LogP contribution is -2.88. The van der Waals surface area contributed by atoms with Crippen LogP contribution in [0.1, 0.15) is 47.7 Å². The summed E-state index contributed by atoms with van der Waals surface area (Å²) in [6.07, 6.45) is 2.56. The molecule has 0 bridgehead atoms. The maximum atomic E-state index is 13.5. The van der Waals surface area contributed by atoms with Crippen molar-refractivity contribution in [2.45, 2.75) is 64.0 Å². The van der Waals surface area contributed by atoms with E-state index in [1.54, 1.807) is 13.2 Å². The van der Waals surface area contributed by atoms with E-state index < -0.39 is 12.0 Å². The first-order valence-corrected chi connectivity index (χ1v) is 12.1. The standard InChI is InChI=1S/C26H32ClFN2O3/c1-15-16(2)21(33-11-10-32-3)7-5-18(15)14-30-23-8-9-26(23)22(13-24(26)30)29-25(31)17-4-6-20(28)19(27)12-17/h4-7,12,22-25,29,31H,8-11,13-14H2,1-3H3/t22-,23?,24?,25?,26?/m1/s1. The minimum absolute atomic E-state index is 0.0371. The molecule has 33 heavy (non-hydrogen) atoms. The fourth-order valence-corrected chi connectivity index (χ4v) is 6.40. The van der Waals surface area contributed by atoms with Gasteiger partial charge >= 0.3 is 0 Å². The predicted octanol–water partition coefficient (Wildman–Crippen LogP) is 4.51. The Bertz CT molecular complexity index is 1040. The summed E-state index contributed by atoms with van der Waals surface area (Å²) < 4.78 is 24.4. The number of hydrogen-bond donors (Lipinski definition) is 2. The number of likely N-dealkylation sites (tertiary alicyclic amines) is 1. The number of rotatable bonds is 9. The van der Waals surface area contributed by atoms with E-state index in [9.17, 15) is 9.50 Å². The normalized spacial score (nSPS) is 28.7. The number of nitrogens with zero attached hydrogens (tertiary/aromatic N) is 1. The SMILES string of the molecule is COCCOc1ccc(CN2C3CCC34C2C[C@H]4NC(O)c2ccc(F)c(Cl)c2)c(C)c1C. The Morgan fingerprint density at radius 2 is 2.03 bits per heavy atom. The molecule has 7 heteroatoms. The van der Waals surface area contributed by atoms with Crippen LogP contribution in [0.15, 0.2) is 30.3 Å². The average Bonchev–Trinajstić information content (AvgIpc) is 2.76. The number of hydrogen-bond acceptors (Lipinski definition) is 5. The van der Waals surface area contributed by atoms with Crippen molar-refractivity contribution in [3.05, 3.63) is 63.4 Å². The first-order chi connectivity index (χ1) is 15.9. The topological polar surface area (TPSA) is 54.0 Å². The number of piperidine rings is 2. The lowest BCUT2D eigenvalue weighted by molar-refractivity contribution is -0.290. The van der Waals surface area contributed by atoms with Crippen molar-refractivity contribution in [1.29, 1.82) is 0 Å². The maximum Gasteiger partial charge on any atom is 0.141 e. The Balaban J connectivity index is 1.22. The molecule has 2 N–H and O–H groups in total. The molecule has 1 aliphatic heterocycles. The van der Waals surface area contributed by atoms with Gasteiger partial charge in [0.25, 0.3) is 0 Å². The maximum absolute atomic E-state index is 13.5. The number of aliphatic hydroxyl groups is 1. The molecule has 2 aliphatic carbocycles. The lowest BCUT2D eigenvalue weighted by Gasteiger charge is -2.80. The van der Waals surface area contributed by atoms with Gasteiger partial charge in [-0.3, -0.25) is 10.2 Å². The highest BCUT2D eigenvalue weighted by molar-refractivity contribution is 6.30. The second kappa shape index (κ2) is 8.82. The van der Waals surface area contributed by atoms with Crippen molar-refractivity contribution in [2.24, 2.45) is 5.41 Å². The molecule has 2 aromatic rings. The fraction of sp³-hybridized carbons (Fsp3) is 0.538. The van der Waals surface area contributed by atoms with Crippen LogP contribution >= 0.6 is 11.6 Å². The van der Waals surface area contributed by atoms with Crippen LogP contribution in [-0.4, -0.2) is 48.5 Å². The van der Waals surface area contributed by atoms with Crippen molar-refractivity contribution in [1.82, 2.24) is 10.2 Å². The molecular weight excluding hydrogens is 443 g/mol. The van der Waals surface area contributed by atoms with Gasteiger partial charge in [0.2, 0.25) is 0 Å². The number of benzene rings is 2. The third kappa shape index (κ3) is 3.67. The van der Waals surface area contributed by atoms with E-state index in [2.05, 4.69) is 36.2 Å². The summed E-state index contributed by atoms with van der Waals surface area (Å²) in [6, 6.07) is 10.0. The zero-order chi connectivity index (χ0) is 23.3. The Morgan fingerprint density at radius 3 is 2.70 bits per heavy atom. The minimum Gasteiger partial charge on any atom is -0.491 e. The van der Waals surface area contributed by atoms with Gasteiger partial charge in [0.05, 0.1) is 11.6 Å². The molecule has 5 nitrogen and oxygen atoms in total. The summed E-state index contributed by atoms with van der Waals surface area (Å²) in [5.41, 5.74) is 4.70. The smallest absolute Gasteiger partial charge is 0.141 e. The van der Waals surface area contributed by atoms with Crippen LogP contribution in [0.4, 0.5) is 4.39 Å². The quantitative estimate of drug-likeness (QED) is 0.414. The molecule has 2 saturated carbocycles. The third-order valence-corrected chi connectivity index (χ3v) is 8.66. The summed E-state index contributed by atoms with van der Waals surface area (Å²) in [4.78, 5) is 2.63. The average molecular weight is 475 g/mol. The van der Waals surface area contributed by atoms with Crippen molar-refractivity contribution < 1.29 is 19.0 Å². The van der Waals surface area contributed by atoms with Crippen molar-refractivity contribution in [2.75, 3.05) is 20.3 Å². The van der Waals surface area contributed by atoms with Gasteiger partial charge in [-0.05, 0) is 73.6 Å². The molecule has 1 spiro atoms. The van der Waals surface area contributed by atoms with Crippen LogP contribution < -0.4 is 10.1 Å². The third-order valence-electron chi connectivity index (χ3n) is 8.37. The van der Waals surface area contributed by atoms with E-state index in [1.165, 1.54) is 41.7 Å². The van der Waals surface area contributed by atoms with Crippen LogP contribution in [0, 0.1) is 25.1 Å². The summed E-state index contributed by atoms with van der Waals surface area (Å²) in [6.45, 7) is 6.38. The molecule has 0 radical (unpaired) electrons. The highest BCUT2D eigenvalue weighted by atomic mass is 35.5. The van der Waals surface area contributed by atoms with Gasteiger partial charge in [0.1, 0.15) is 24.4 Å². The molecule has 5 rings (SSSR count). The van der Waals surface area contributed by atoms with Gasteiger partial charge in [-0.25, -0.2) is 4.39 Å². The second-order valence-corrected chi connectivity index (χ2v) is 10.1. The van der Waals surface area contributed by atoms with E-state index >= 15 is 0 Å². The van der Waals surface area contributed by atoms with Crippen LogP contribution in [0.3, 0.4) is 0 Å². The molecule has 0 amide bonds. The minimum atomic E-state index is -0.839. The predicted molar refractivity (Wildman–Crippen MR) is 126 cm³/mol. The van der Waals surface area contributed by atoms with Gasteiger partial charge in [0, 0.05) is 37.2 Å². The Hall–Kier alpha value is -1.70. The number of aliphatic hydroxyl groups excluding tert-OH is 1. The summed E-state index contributed by atoms with van der Waals surface area (Å²) in [5.74, 6) is 0.460. The van der Waals surface area contributed by atoms with Crippen LogP contribution in [0.5, 0.6) is 5.75 Å². The Kier molecular flexibility index (Phi) is 6.17. The molecule has 0 aromatic heterocycles. The highest BCUT2D eigenvalue weighted by Crippen LogP contribution is 2.68. The van der Waals surface area contributed by atoms with Gasteiger partial charge < -0.3 is 14.6 Å². The van der Waals surface area contributed by atoms with Crippen molar-refractivity contribution in [3.8, 4) is 5.75 Å². The summed E-state index contributed by atoms with van der Waals surface area (Å²) in [7, 11) is 1.68. The summed E-state index contributed by atoms with van der Waals surface area (Å²) in [5, 5.41) is 14.1. The first kappa shape index (κ1) is 23.1. The van der Waals surface area contributed by atoms with E-state index in [4.69, 9.17) is 21.1 Å². The summed E-state index contributed by atoms with van der Waals surface area (Å²) >= 11 is 5.89. The Labute approximate surface area is 199 Å². The first-order valence-electron chi connectivity index (χ1n) is 11.7. The lowest BCUT2D eigenvalue weighted by atomic mass is 9.40. The highest BCUT2D eigenvalue weighted by Gasteiger charge is 2.74. The molecule has 1 heterocycles. The van der Waals surface area contributed by atoms with Crippen molar-refractivity contribution >= 4 is 11.6 Å². The number of methoxy groups -OCH3 is 1. The van der Waals surface area contributed by atoms with Crippen molar-refractivity contribution in [3.63, 3.8) is 0 Å². The van der Waals surface area contributed by atoms with E-state index in [0.717, 1.165) is 18.7 Å². The zero-order valence-electron chi connectivity index (χ0n) is 19.4. The molecule has 1 saturated heterocycles. The van der Waals surface area contributed by atoms with Gasteiger partial charge in [-0.15, -0.1) is 0 Å². The van der Waals surface area contributed by atoms with Crippen LogP contribution in [0.25, 0.3) is 0 Å². The molecule has 178 valence electrons. The molecule has 4 unspecified atom stereocenters. The fourth-order valence-electron chi connectivity index (χ4n) is 6.21. The molecular formula is C26H32ClFN2O3. The number of halogens is 2. The number of nitrogens with one attached hydrogen (secondary N) is 1. The molecule has 3 aliphatic rings. The monoisotopic (exact) mass is 474 g/mol. The van der Waals surface area contributed by atoms with E-state index in [0.29, 0.717) is 30.9 Å². The zero-order valence-corrected chi connectivity index (χ0v) is 20.2. The molecule has 2 aromatic carbocycles. The Morgan fingerprint density at radius 1 is 1.21 bits per heavy atom. The largest absolute Gasteiger partial charge is 0.491 e. The van der Waals surface area contributed by atoms with E-state index in [1.807, 2.05) is 0 Å². The van der Waals surface area contributed by atoms with Gasteiger partial charge in [-0.2, -0.15) is 0 Å². The van der Waals surface area contributed by atoms with E-state index in [-0.39, 0.29) is 16.5 Å². The van der Waals surface area contributed by atoms with Gasteiger partial charge in [-0.1, -0.05) is 23.7 Å². The second-order valence-electron chi connectivity index (χ2n) is 9.70. The molecule has 3 fully saturated rings. The van der Waals surface area contributed by atoms with Gasteiger partial charge in [0.15, 0.2) is 0 Å².